The first-order chi connectivity index (χ1) is 21.0. The molecule has 0 aromatic carbocycles. The highest BCUT2D eigenvalue weighted by Gasteiger charge is 2.71. The van der Waals surface area contributed by atoms with Crippen molar-refractivity contribution in [1.29, 1.82) is 0 Å². The summed E-state index contributed by atoms with van der Waals surface area (Å²) in [5.74, 6) is 0.835. The van der Waals surface area contributed by atoms with E-state index in [9.17, 15) is 0 Å². The third-order valence-electron chi connectivity index (χ3n) is 9.24. The lowest BCUT2D eigenvalue weighted by molar-refractivity contribution is 0.579. The van der Waals surface area contributed by atoms with Crippen LogP contribution in [0, 0.1) is 0 Å². The van der Waals surface area contributed by atoms with Crippen LogP contribution in [-0.4, -0.2) is 19.5 Å². The monoisotopic (exact) mass is 726 g/mol. The average molecular weight is 728 g/mol. The summed E-state index contributed by atoms with van der Waals surface area (Å²) in [4.78, 5) is 0. The average Bonchev–Trinajstić information content (AvgIpc) is 2.97. The molecule has 0 aromatic heterocycles. The topological polar surface area (TPSA) is 0 Å². The molecule has 0 radical (unpaired) electrons. The largest absolute Gasteiger partial charge is 0.127 e. The van der Waals surface area contributed by atoms with Crippen molar-refractivity contribution in [3.63, 3.8) is 0 Å². The van der Waals surface area contributed by atoms with E-state index in [4.69, 9.17) is 11.6 Å². The standard InChI is InChI=1S/C36H67ClS6/c1-4-7-10-13-18-23-28-33-38-34(29-24-19-14-11-8-5-2)40-35(39-33,30-25-20-15-12-9-6-3)43-36(41-33,42-34)31-26-21-16-17-22-27-32-37/h4-32H2,1-3H3. The molecular weight excluding hydrogens is 660 g/mol. The minimum Gasteiger partial charge on any atom is -0.127 e. The van der Waals surface area contributed by atoms with Gasteiger partial charge in [0.2, 0.25) is 0 Å². The van der Waals surface area contributed by atoms with Crippen molar-refractivity contribution < 1.29 is 0 Å². The van der Waals surface area contributed by atoms with Crippen LogP contribution >= 0.6 is 82.2 Å². The van der Waals surface area contributed by atoms with Crippen LogP contribution in [-0.2, 0) is 0 Å². The Labute approximate surface area is 300 Å². The molecule has 4 heterocycles. The minimum absolute atomic E-state index is 0.379. The van der Waals surface area contributed by atoms with Gasteiger partial charge in [0.15, 0.2) is 0 Å². The minimum atomic E-state index is 0.379. The summed E-state index contributed by atoms with van der Waals surface area (Å²) in [6.45, 7) is 7.04. The molecule has 0 atom stereocenters. The first-order valence-corrected chi connectivity index (χ1v) is 24.2. The van der Waals surface area contributed by atoms with Crippen LogP contribution in [0.25, 0.3) is 0 Å². The lowest BCUT2D eigenvalue weighted by atomic mass is 10.1. The Morgan fingerprint density at radius 1 is 0.302 bits per heavy atom. The molecule has 0 aromatic rings. The van der Waals surface area contributed by atoms with Crippen LogP contribution in [0.1, 0.15) is 201 Å². The highest BCUT2D eigenvalue weighted by Crippen LogP contribution is 2.91. The molecule has 0 spiro atoms. The van der Waals surface area contributed by atoms with Gasteiger partial charge in [-0.2, -0.15) is 0 Å². The summed E-state index contributed by atoms with van der Waals surface area (Å²) in [7, 11) is 0. The lowest BCUT2D eigenvalue weighted by Gasteiger charge is -2.67. The van der Waals surface area contributed by atoms with Gasteiger partial charge < -0.3 is 0 Å². The van der Waals surface area contributed by atoms with Crippen molar-refractivity contribution in [3.8, 4) is 0 Å². The second kappa shape index (κ2) is 22.2. The van der Waals surface area contributed by atoms with E-state index in [1.54, 1.807) is 0 Å². The van der Waals surface area contributed by atoms with Gasteiger partial charge in [-0.3, -0.25) is 0 Å². The van der Waals surface area contributed by atoms with Gasteiger partial charge in [0.25, 0.3) is 0 Å². The van der Waals surface area contributed by atoms with Crippen LogP contribution in [0.5, 0.6) is 0 Å². The molecule has 43 heavy (non-hydrogen) atoms. The molecule has 4 aliphatic heterocycles. The van der Waals surface area contributed by atoms with Crippen molar-refractivity contribution in [3.05, 3.63) is 0 Å². The number of hydrogen-bond acceptors (Lipinski definition) is 6. The van der Waals surface area contributed by atoms with Crippen molar-refractivity contribution >= 4 is 82.2 Å². The van der Waals surface area contributed by atoms with E-state index in [1.807, 2.05) is 0 Å². The van der Waals surface area contributed by atoms with Gasteiger partial charge in [-0.1, -0.05) is 168 Å². The molecule has 7 heteroatoms. The number of alkyl halides is 1. The number of hydrogen-bond donors (Lipinski definition) is 0. The van der Waals surface area contributed by atoms with Crippen LogP contribution in [0.3, 0.4) is 0 Å². The van der Waals surface area contributed by atoms with E-state index in [-0.39, 0.29) is 0 Å². The summed E-state index contributed by atoms with van der Waals surface area (Å²) in [6.07, 6.45) is 39.5. The maximum absolute atomic E-state index is 5.95. The van der Waals surface area contributed by atoms with Gasteiger partial charge in [0.05, 0.1) is 0 Å². The second-order valence-electron chi connectivity index (χ2n) is 13.5. The van der Waals surface area contributed by atoms with Gasteiger partial charge in [-0.25, -0.2) is 0 Å². The predicted octanol–water partition coefficient (Wildman–Crippen LogP) is 16.3. The van der Waals surface area contributed by atoms with Gasteiger partial charge in [0.1, 0.15) is 13.6 Å². The zero-order valence-corrected chi connectivity index (χ0v) is 34.0. The van der Waals surface area contributed by atoms with E-state index in [0.717, 1.165) is 5.88 Å². The van der Waals surface area contributed by atoms with Crippen molar-refractivity contribution in [2.75, 3.05) is 5.88 Å². The van der Waals surface area contributed by atoms with Crippen molar-refractivity contribution in [2.45, 2.75) is 214 Å². The smallest absolute Gasteiger partial charge is 0.113 e. The Bertz CT molecular complexity index is 633. The fraction of sp³-hybridized carbons (Fsp3) is 1.00. The van der Waals surface area contributed by atoms with E-state index in [1.165, 1.54) is 180 Å². The van der Waals surface area contributed by atoms with Gasteiger partial charge in [-0.05, 0) is 32.1 Å². The third kappa shape index (κ3) is 14.0. The molecule has 254 valence electrons. The Kier molecular flexibility index (Phi) is 20.5. The first-order valence-electron chi connectivity index (χ1n) is 18.8. The van der Waals surface area contributed by atoms with E-state index in [0.29, 0.717) is 13.6 Å². The molecule has 4 aliphatic rings. The molecule has 0 N–H and O–H groups in total. The Balaban J connectivity index is 1.71. The van der Waals surface area contributed by atoms with E-state index in [2.05, 4.69) is 91.3 Å². The molecule has 0 saturated carbocycles. The fourth-order valence-corrected chi connectivity index (χ4v) is 28.8. The Morgan fingerprint density at radius 2 is 0.512 bits per heavy atom. The molecule has 4 saturated heterocycles. The second-order valence-corrected chi connectivity index (χ2v) is 26.5. The molecule has 4 bridgehead atoms. The van der Waals surface area contributed by atoms with Crippen molar-refractivity contribution in [1.82, 2.24) is 0 Å². The maximum atomic E-state index is 5.95. The van der Waals surface area contributed by atoms with Gasteiger partial charge in [0, 0.05) is 5.88 Å². The summed E-state index contributed by atoms with van der Waals surface area (Å²) in [5, 5.41) is 0. The number of unbranched alkanes of at least 4 members (excludes halogenated alkanes) is 20. The van der Waals surface area contributed by atoms with Crippen LogP contribution in [0.15, 0.2) is 0 Å². The van der Waals surface area contributed by atoms with Gasteiger partial charge in [-0.15, -0.1) is 82.2 Å². The van der Waals surface area contributed by atoms with E-state index < -0.39 is 0 Å². The number of rotatable bonds is 29. The van der Waals surface area contributed by atoms with Crippen LogP contribution in [0.4, 0.5) is 0 Å². The third-order valence-corrected chi connectivity index (χ3v) is 21.7. The number of halogens is 1. The predicted molar refractivity (Wildman–Crippen MR) is 213 cm³/mol. The normalized spacial score (nSPS) is 29.6. The molecule has 4 fully saturated rings. The molecule has 4 rings (SSSR count). The molecular formula is C36H67ClS6. The molecule has 0 amide bonds. The van der Waals surface area contributed by atoms with Crippen molar-refractivity contribution in [2.24, 2.45) is 0 Å². The molecule has 0 unspecified atom stereocenters. The molecule has 0 aliphatic carbocycles. The SMILES string of the molecule is CCCCCCCCC12SC3(CCCCCCCC)SC(CCCCCCCC)(S1)SC(CCCCCCCCCl)(S2)S3. The summed E-state index contributed by atoms with van der Waals surface area (Å²) in [6, 6.07) is 0. The van der Waals surface area contributed by atoms with Crippen LogP contribution < -0.4 is 0 Å². The zero-order chi connectivity index (χ0) is 30.7. The maximum Gasteiger partial charge on any atom is 0.113 e. The fourth-order valence-electron chi connectivity index (χ4n) is 6.79. The first kappa shape index (κ1) is 39.8. The lowest BCUT2D eigenvalue weighted by Crippen LogP contribution is -2.53. The summed E-state index contributed by atoms with van der Waals surface area (Å²) in [5.41, 5.74) is 0. The Morgan fingerprint density at radius 3 is 0.744 bits per heavy atom. The quantitative estimate of drug-likeness (QED) is 0.0552. The highest BCUT2D eigenvalue weighted by molar-refractivity contribution is 8.64. The number of thioether (sulfide) groups is 6. The Hall–Kier alpha value is 2.39. The zero-order valence-electron chi connectivity index (χ0n) is 28.3. The molecule has 0 nitrogen and oxygen atoms in total. The summed E-state index contributed by atoms with van der Waals surface area (Å²) >= 11 is 20.7. The summed E-state index contributed by atoms with van der Waals surface area (Å²) < 4.78 is 1.54. The van der Waals surface area contributed by atoms with Gasteiger partial charge >= 0.3 is 0 Å². The van der Waals surface area contributed by atoms with Crippen LogP contribution in [0.2, 0.25) is 0 Å². The van der Waals surface area contributed by atoms with E-state index >= 15 is 0 Å². The highest BCUT2D eigenvalue weighted by atomic mass is 35.5.